The number of aromatic nitrogens is 3. The van der Waals surface area contributed by atoms with Crippen molar-refractivity contribution in [1.29, 1.82) is 0 Å². The number of benzene rings is 2. The third-order valence-corrected chi connectivity index (χ3v) is 5.47. The van der Waals surface area contributed by atoms with Gasteiger partial charge in [-0.25, -0.2) is 9.97 Å². The zero-order valence-corrected chi connectivity index (χ0v) is 16.1. The Labute approximate surface area is 165 Å². The summed E-state index contributed by atoms with van der Waals surface area (Å²) in [6, 6.07) is 15.2. The normalized spacial score (nSPS) is 10.7. The van der Waals surface area contributed by atoms with Gasteiger partial charge in [-0.15, -0.1) is 11.3 Å². The second kappa shape index (κ2) is 7.77. The molecule has 0 bridgehead atoms. The van der Waals surface area contributed by atoms with Crippen LogP contribution in [0.15, 0.2) is 77.7 Å². The second-order valence-electron chi connectivity index (χ2n) is 5.71. The van der Waals surface area contributed by atoms with Crippen LogP contribution in [-0.4, -0.2) is 26.7 Å². The maximum Gasteiger partial charge on any atom is 0.255 e. The molecule has 0 saturated heterocycles. The minimum atomic E-state index is -0.154. The predicted molar refractivity (Wildman–Crippen MR) is 111 cm³/mol. The number of carbonyl (C=O) groups excluding carboxylic acids is 1. The summed E-state index contributed by atoms with van der Waals surface area (Å²) in [5.41, 5.74) is 3.22. The summed E-state index contributed by atoms with van der Waals surface area (Å²) in [7, 11) is 0. The van der Waals surface area contributed by atoms with E-state index < -0.39 is 0 Å². The Kier molecular flexibility index (Phi) is 5.04. The van der Waals surface area contributed by atoms with Crippen molar-refractivity contribution in [2.45, 2.75) is 5.16 Å². The van der Waals surface area contributed by atoms with E-state index in [0.29, 0.717) is 5.56 Å². The summed E-state index contributed by atoms with van der Waals surface area (Å²) in [5, 5.41) is 6.71. The van der Waals surface area contributed by atoms with Crippen LogP contribution in [0, 0.1) is 0 Å². The summed E-state index contributed by atoms with van der Waals surface area (Å²) < 4.78 is 1.96. The highest BCUT2D eigenvalue weighted by Crippen LogP contribution is 2.25. The van der Waals surface area contributed by atoms with E-state index in [1.165, 1.54) is 0 Å². The molecule has 0 aliphatic carbocycles. The van der Waals surface area contributed by atoms with Gasteiger partial charge in [0.05, 0.1) is 0 Å². The van der Waals surface area contributed by atoms with Crippen LogP contribution in [0.4, 0.5) is 5.69 Å². The Morgan fingerprint density at radius 1 is 1.11 bits per heavy atom. The van der Waals surface area contributed by atoms with Crippen molar-refractivity contribution < 1.29 is 4.79 Å². The van der Waals surface area contributed by atoms with Gasteiger partial charge >= 0.3 is 0 Å². The summed E-state index contributed by atoms with van der Waals surface area (Å²) in [6.45, 7) is 0. The Balaban J connectivity index is 1.57. The SMILES string of the molecule is CSc1nccn1-c1cccc(C(=O)Nc2cccc(-c3nccs3)c2)c1. The molecule has 0 atom stereocenters. The number of rotatable bonds is 5. The van der Waals surface area contributed by atoms with Crippen molar-refractivity contribution in [1.82, 2.24) is 14.5 Å². The Morgan fingerprint density at radius 2 is 2.00 bits per heavy atom. The molecule has 7 heteroatoms. The van der Waals surface area contributed by atoms with Gasteiger partial charge in [-0.3, -0.25) is 9.36 Å². The largest absolute Gasteiger partial charge is 0.322 e. The van der Waals surface area contributed by atoms with Gasteiger partial charge < -0.3 is 5.32 Å². The van der Waals surface area contributed by atoms with E-state index in [9.17, 15) is 4.79 Å². The van der Waals surface area contributed by atoms with E-state index in [4.69, 9.17) is 0 Å². The molecule has 5 nitrogen and oxygen atoms in total. The van der Waals surface area contributed by atoms with Crippen LogP contribution >= 0.6 is 23.1 Å². The van der Waals surface area contributed by atoms with Crippen LogP contribution in [0.25, 0.3) is 16.3 Å². The Bertz CT molecular complexity index is 1070. The molecule has 0 saturated carbocycles. The van der Waals surface area contributed by atoms with Gasteiger partial charge in [0.15, 0.2) is 5.16 Å². The van der Waals surface area contributed by atoms with Gasteiger partial charge in [-0.2, -0.15) is 0 Å². The topological polar surface area (TPSA) is 59.8 Å². The van der Waals surface area contributed by atoms with E-state index >= 15 is 0 Å². The monoisotopic (exact) mass is 392 g/mol. The first kappa shape index (κ1) is 17.5. The standard InChI is InChI=1S/C20H16N4OS2/c1-26-20-22-8-10-24(20)17-7-3-4-14(13-17)18(25)23-16-6-2-5-15(12-16)19-21-9-11-27-19/h2-13H,1H3,(H,23,25). The zero-order valence-electron chi connectivity index (χ0n) is 14.5. The van der Waals surface area contributed by atoms with Gasteiger partial charge in [0.2, 0.25) is 0 Å². The van der Waals surface area contributed by atoms with E-state index in [1.807, 2.05) is 64.9 Å². The first-order valence-corrected chi connectivity index (χ1v) is 10.3. The van der Waals surface area contributed by atoms with Gasteiger partial charge in [0.1, 0.15) is 5.01 Å². The number of thioether (sulfide) groups is 1. The number of carbonyl (C=O) groups is 1. The number of imidazole rings is 1. The lowest BCUT2D eigenvalue weighted by Gasteiger charge is -2.10. The number of anilines is 1. The van der Waals surface area contributed by atoms with E-state index in [-0.39, 0.29) is 5.91 Å². The lowest BCUT2D eigenvalue weighted by Crippen LogP contribution is -2.12. The summed E-state index contributed by atoms with van der Waals surface area (Å²) in [6.07, 6.45) is 7.39. The third-order valence-electron chi connectivity index (χ3n) is 3.98. The van der Waals surface area contributed by atoms with Gasteiger partial charge in [0.25, 0.3) is 5.91 Å². The molecule has 0 spiro atoms. The number of amides is 1. The molecule has 0 aliphatic heterocycles. The van der Waals surface area contributed by atoms with Crippen molar-refractivity contribution in [3.63, 3.8) is 0 Å². The summed E-state index contributed by atoms with van der Waals surface area (Å²) in [4.78, 5) is 21.4. The molecule has 1 amide bonds. The summed E-state index contributed by atoms with van der Waals surface area (Å²) >= 11 is 3.13. The van der Waals surface area contributed by atoms with Crippen LogP contribution in [0.2, 0.25) is 0 Å². The first-order chi connectivity index (χ1) is 13.2. The van der Waals surface area contributed by atoms with Crippen molar-refractivity contribution in [3.05, 3.63) is 78.1 Å². The van der Waals surface area contributed by atoms with Crippen LogP contribution in [0.1, 0.15) is 10.4 Å². The number of hydrogen-bond donors (Lipinski definition) is 1. The second-order valence-corrected chi connectivity index (χ2v) is 7.37. The molecule has 27 heavy (non-hydrogen) atoms. The van der Waals surface area contributed by atoms with Crippen molar-refractivity contribution in [2.75, 3.05) is 11.6 Å². The number of thiazole rings is 1. The Hall–Kier alpha value is -2.90. The van der Waals surface area contributed by atoms with Gasteiger partial charge in [-0.1, -0.05) is 30.0 Å². The molecule has 2 aromatic heterocycles. The van der Waals surface area contributed by atoms with Gasteiger partial charge in [-0.05, 0) is 36.6 Å². The molecule has 0 radical (unpaired) electrons. The number of nitrogens with one attached hydrogen (secondary N) is 1. The highest BCUT2D eigenvalue weighted by Gasteiger charge is 2.10. The lowest BCUT2D eigenvalue weighted by molar-refractivity contribution is 0.102. The zero-order chi connectivity index (χ0) is 18.6. The lowest BCUT2D eigenvalue weighted by atomic mass is 10.1. The minimum Gasteiger partial charge on any atom is -0.322 e. The smallest absolute Gasteiger partial charge is 0.255 e. The summed E-state index contributed by atoms with van der Waals surface area (Å²) in [5.74, 6) is -0.154. The predicted octanol–water partition coefficient (Wildman–Crippen LogP) is 4.97. The molecule has 0 aliphatic rings. The average molecular weight is 393 g/mol. The van der Waals surface area contributed by atoms with Crippen molar-refractivity contribution in [3.8, 4) is 16.3 Å². The maximum atomic E-state index is 12.7. The molecule has 0 unspecified atom stereocenters. The third kappa shape index (κ3) is 3.79. The van der Waals surface area contributed by atoms with Crippen molar-refractivity contribution >= 4 is 34.7 Å². The van der Waals surface area contributed by atoms with Gasteiger partial charge in [0, 0.05) is 46.5 Å². The van der Waals surface area contributed by atoms with E-state index in [1.54, 1.807) is 41.6 Å². The molecular weight excluding hydrogens is 376 g/mol. The molecule has 134 valence electrons. The average Bonchev–Trinajstić information content (AvgIpc) is 3.40. The fourth-order valence-corrected chi connectivity index (χ4v) is 3.90. The minimum absolute atomic E-state index is 0.154. The molecular formula is C20H16N4OS2. The maximum absolute atomic E-state index is 12.7. The number of nitrogens with zero attached hydrogens (tertiary/aromatic N) is 3. The van der Waals surface area contributed by atoms with E-state index in [2.05, 4.69) is 15.3 Å². The molecule has 2 heterocycles. The highest BCUT2D eigenvalue weighted by molar-refractivity contribution is 7.98. The first-order valence-electron chi connectivity index (χ1n) is 8.23. The molecule has 4 rings (SSSR count). The quantitative estimate of drug-likeness (QED) is 0.487. The van der Waals surface area contributed by atoms with Crippen LogP contribution in [0.5, 0.6) is 0 Å². The fraction of sp³-hybridized carbons (Fsp3) is 0.0500. The van der Waals surface area contributed by atoms with Crippen molar-refractivity contribution in [2.24, 2.45) is 0 Å². The van der Waals surface area contributed by atoms with Crippen LogP contribution in [0.3, 0.4) is 0 Å². The Morgan fingerprint density at radius 3 is 2.81 bits per heavy atom. The molecule has 4 aromatic rings. The highest BCUT2D eigenvalue weighted by atomic mass is 32.2. The number of hydrogen-bond acceptors (Lipinski definition) is 5. The molecule has 0 fully saturated rings. The molecule has 1 N–H and O–H groups in total. The molecule has 2 aromatic carbocycles. The fourth-order valence-electron chi connectivity index (χ4n) is 2.73. The van der Waals surface area contributed by atoms with Crippen LogP contribution < -0.4 is 5.32 Å². The van der Waals surface area contributed by atoms with Crippen LogP contribution in [-0.2, 0) is 0 Å². The van der Waals surface area contributed by atoms with E-state index in [0.717, 1.165) is 27.1 Å².